The van der Waals surface area contributed by atoms with Crippen molar-refractivity contribution < 1.29 is 9.53 Å². The molecule has 1 aliphatic rings. The minimum Gasteiger partial charge on any atom is -0.495 e. The lowest BCUT2D eigenvalue weighted by molar-refractivity contribution is -0.122. The number of rotatable bonds is 5. The maximum atomic E-state index is 11.4. The van der Waals surface area contributed by atoms with Gasteiger partial charge in [-0.15, -0.1) is 0 Å². The zero-order valence-electron chi connectivity index (χ0n) is 12.4. The molecule has 2 N–H and O–H groups in total. The van der Waals surface area contributed by atoms with Crippen LogP contribution >= 0.6 is 0 Å². The number of nitrogens with zero attached hydrogens (tertiary/aromatic N) is 1. The minimum atomic E-state index is -0.219. The summed E-state index contributed by atoms with van der Waals surface area (Å²) in [5.41, 5.74) is 6.53. The molecule has 1 unspecified atom stereocenters. The average molecular weight is 276 g/mol. The number of nitrogens with two attached hydrogens (primary N) is 1. The molecular weight excluding hydrogens is 252 g/mol. The summed E-state index contributed by atoms with van der Waals surface area (Å²) >= 11 is 0. The van der Waals surface area contributed by atoms with E-state index in [0.29, 0.717) is 0 Å². The number of ether oxygens (including phenoxy) is 1. The highest BCUT2D eigenvalue weighted by Crippen LogP contribution is 2.43. The first kappa shape index (κ1) is 14.8. The molecule has 1 atom stereocenters. The van der Waals surface area contributed by atoms with Crippen LogP contribution < -0.4 is 10.5 Å². The molecule has 0 bridgehead atoms. The summed E-state index contributed by atoms with van der Waals surface area (Å²) in [7, 11) is 1.64. The van der Waals surface area contributed by atoms with E-state index in [4.69, 9.17) is 10.5 Å². The Morgan fingerprint density at radius 2 is 2.10 bits per heavy atom. The molecule has 1 aromatic rings. The number of pyridine rings is 1. The second kappa shape index (κ2) is 6.25. The molecule has 0 spiro atoms. The largest absolute Gasteiger partial charge is 0.495 e. The normalized spacial score (nSPS) is 19.3. The molecule has 1 saturated carbocycles. The Morgan fingerprint density at radius 3 is 2.60 bits per heavy atom. The number of carbonyl (C=O) groups excluding carboxylic acids is 1. The number of hydrogen-bond acceptors (Lipinski definition) is 3. The van der Waals surface area contributed by atoms with Crippen LogP contribution in [0.3, 0.4) is 0 Å². The molecule has 4 nitrogen and oxygen atoms in total. The van der Waals surface area contributed by atoms with Gasteiger partial charge in [0.05, 0.1) is 13.3 Å². The highest BCUT2D eigenvalue weighted by atomic mass is 16.5. The van der Waals surface area contributed by atoms with Gasteiger partial charge in [-0.25, -0.2) is 0 Å². The van der Waals surface area contributed by atoms with E-state index in [2.05, 4.69) is 4.98 Å². The van der Waals surface area contributed by atoms with Gasteiger partial charge in [0.25, 0.3) is 0 Å². The summed E-state index contributed by atoms with van der Waals surface area (Å²) in [5.74, 6) is 0.433. The van der Waals surface area contributed by atoms with Crippen LogP contribution in [-0.4, -0.2) is 18.0 Å². The van der Waals surface area contributed by atoms with Crippen molar-refractivity contribution in [3.63, 3.8) is 0 Å². The van der Waals surface area contributed by atoms with Crippen LogP contribution in [0.4, 0.5) is 0 Å². The summed E-state index contributed by atoms with van der Waals surface area (Å²) in [4.78, 5) is 16.0. The van der Waals surface area contributed by atoms with Crippen LogP contribution in [-0.2, 0) is 10.2 Å². The van der Waals surface area contributed by atoms with Crippen molar-refractivity contribution >= 4 is 5.91 Å². The molecule has 20 heavy (non-hydrogen) atoms. The molecule has 110 valence electrons. The smallest absolute Gasteiger partial charge is 0.220 e. The van der Waals surface area contributed by atoms with Crippen LogP contribution in [0.15, 0.2) is 18.3 Å². The van der Waals surface area contributed by atoms with Crippen molar-refractivity contribution in [2.24, 2.45) is 11.7 Å². The molecule has 0 aromatic carbocycles. The van der Waals surface area contributed by atoms with Crippen LogP contribution in [0.1, 0.15) is 51.1 Å². The molecule has 1 amide bonds. The quantitative estimate of drug-likeness (QED) is 0.899. The zero-order chi connectivity index (χ0) is 14.6. The van der Waals surface area contributed by atoms with E-state index in [1.165, 1.54) is 19.3 Å². The molecule has 1 aliphatic carbocycles. The number of aromatic nitrogens is 1. The van der Waals surface area contributed by atoms with Gasteiger partial charge in [-0.1, -0.05) is 26.2 Å². The number of primary amides is 1. The Kier molecular flexibility index (Phi) is 4.63. The Hall–Kier alpha value is -1.58. The molecular formula is C16H24N2O2. The van der Waals surface area contributed by atoms with Crippen LogP contribution in [0, 0.1) is 5.92 Å². The molecule has 0 radical (unpaired) electrons. The van der Waals surface area contributed by atoms with Crippen molar-refractivity contribution in [3.05, 3.63) is 24.0 Å². The first-order valence-corrected chi connectivity index (χ1v) is 7.37. The third-order valence-corrected chi connectivity index (χ3v) is 4.51. The summed E-state index contributed by atoms with van der Waals surface area (Å²) in [6.07, 6.45) is 8.39. The van der Waals surface area contributed by atoms with Crippen molar-refractivity contribution in [2.45, 2.75) is 50.9 Å². The third-order valence-electron chi connectivity index (χ3n) is 4.51. The SMILES string of the molecule is COc1ccc(C2(CC(C)C(N)=O)CCCCC2)nc1. The lowest BCUT2D eigenvalue weighted by Gasteiger charge is -2.38. The van der Waals surface area contributed by atoms with Gasteiger partial charge in [-0.05, 0) is 31.4 Å². The lowest BCUT2D eigenvalue weighted by Crippen LogP contribution is -2.35. The Morgan fingerprint density at radius 1 is 1.40 bits per heavy atom. The first-order valence-electron chi connectivity index (χ1n) is 7.37. The number of hydrogen-bond donors (Lipinski definition) is 1. The van der Waals surface area contributed by atoms with Crippen molar-refractivity contribution in [3.8, 4) is 5.75 Å². The van der Waals surface area contributed by atoms with E-state index in [0.717, 1.165) is 30.7 Å². The van der Waals surface area contributed by atoms with Gasteiger partial charge >= 0.3 is 0 Å². The van der Waals surface area contributed by atoms with Gasteiger partial charge in [0.1, 0.15) is 5.75 Å². The van der Waals surface area contributed by atoms with Gasteiger partial charge in [-0.3, -0.25) is 9.78 Å². The average Bonchev–Trinajstić information content (AvgIpc) is 2.48. The minimum absolute atomic E-state index is 0.00102. The molecule has 4 heteroatoms. The van der Waals surface area contributed by atoms with Gasteiger partial charge in [-0.2, -0.15) is 0 Å². The fourth-order valence-corrected chi connectivity index (χ4v) is 3.29. The van der Waals surface area contributed by atoms with E-state index in [1.54, 1.807) is 13.3 Å². The van der Waals surface area contributed by atoms with Crippen LogP contribution in [0.25, 0.3) is 0 Å². The van der Waals surface area contributed by atoms with Gasteiger partial charge < -0.3 is 10.5 Å². The molecule has 1 aromatic heterocycles. The van der Waals surface area contributed by atoms with E-state index in [9.17, 15) is 4.79 Å². The summed E-state index contributed by atoms with van der Waals surface area (Å²) in [5, 5.41) is 0. The predicted molar refractivity (Wildman–Crippen MR) is 78.5 cm³/mol. The monoisotopic (exact) mass is 276 g/mol. The van der Waals surface area contributed by atoms with Gasteiger partial charge in [0, 0.05) is 17.0 Å². The maximum Gasteiger partial charge on any atom is 0.220 e. The van der Waals surface area contributed by atoms with E-state index in [1.807, 2.05) is 19.1 Å². The van der Waals surface area contributed by atoms with Crippen molar-refractivity contribution in [2.75, 3.05) is 7.11 Å². The lowest BCUT2D eigenvalue weighted by atomic mass is 9.67. The van der Waals surface area contributed by atoms with Crippen molar-refractivity contribution in [1.82, 2.24) is 4.98 Å². The van der Waals surface area contributed by atoms with Gasteiger partial charge in [0.15, 0.2) is 0 Å². The zero-order valence-corrected chi connectivity index (χ0v) is 12.4. The van der Waals surface area contributed by atoms with E-state index >= 15 is 0 Å². The van der Waals surface area contributed by atoms with Gasteiger partial charge in [0.2, 0.25) is 5.91 Å². The van der Waals surface area contributed by atoms with E-state index < -0.39 is 0 Å². The predicted octanol–water partition coefficient (Wildman–Crippen LogP) is 2.80. The molecule has 1 fully saturated rings. The second-order valence-corrected chi connectivity index (χ2v) is 5.93. The summed E-state index contributed by atoms with van der Waals surface area (Å²) < 4.78 is 5.17. The molecule has 0 aliphatic heterocycles. The third kappa shape index (κ3) is 3.11. The number of carbonyl (C=O) groups is 1. The Bertz CT molecular complexity index is 450. The highest BCUT2D eigenvalue weighted by molar-refractivity contribution is 5.76. The van der Waals surface area contributed by atoms with Crippen molar-refractivity contribution in [1.29, 1.82) is 0 Å². The maximum absolute atomic E-state index is 11.4. The summed E-state index contributed by atoms with van der Waals surface area (Å²) in [6.45, 7) is 1.92. The molecule has 2 rings (SSSR count). The fraction of sp³-hybridized carbons (Fsp3) is 0.625. The standard InChI is InChI=1S/C16H24N2O2/c1-12(15(17)19)10-16(8-4-3-5-9-16)14-7-6-13(20-2)11-18-14/h6-7,11-12H,3-5,8-10H2,1-2H3,(H2,17,19). The van der Waals surface area contributed by atoms with Crippen LogP contribution in [0.2, 0.25) is 0 Å². The first-order chi connectivity index (χ1) is 9.57. The number of methoxy groups -OCH3 is 1. The Labute approximate surface area is 120 Å². The topological polar surface area (TPSA) is 65.2 Å². The second-order valence-electron chi connectivity index (χ2n) is 5.93. The Balaban J connectivity index is 2.27. The number of amides is 1. The summed E-state index contributed by atoms with van der Waals surface area (Å²) in [6, 6.07) is 3.99. The fourth-order valence-electron chi connectivity index (χ4n) is 3.29. The molecule has 0 saturated heterocycles. The molecule has 1 heterocycles. The van der Waals surface area contributed by atoms with E-state index in [-0.39, 0.29) is 17.2 Å². The highest BCUT2D eigenvalue weighted by Gasteiger charge is 2.37. The van der Waals surface area contributed by atoms with Crippen LogP contribution in [0.5, 0.6) is 5.75 Å².